The lowest BCUT2D eigenvalue weighted by Crippen LogP contribution is -2.21. The molecule has 3 aromatic carbocycles. The summed E-state index contributed by atoms with van der Waals surface area (Å²) in [6.45, 7) is 0.399. The van der Waals surface area contributed by atoms with Crippen LogP contribution in [-0.2, 0) is 5.92 Å². The van der Waals surface area contributed by atoms with Gasteiger partial charge in [-0.1, -0.05) is 36.4 Å². The molecular weight excluding hydrogens is 454 g/mol. The molecule has 1 aromatic heterocycles. The number of amides is 1. The van der Waals surface area contributed by atoms with E-state index in [-0.39, 0.29) is 18.1 Å². The molecule has 0 aliphatic rings. The van der Waals surface area contributed by atoms with Crippen molar-refractivity contribution in [3.05, 3.63) is 90.0 Å². The number of alkyl halides is 2. The van der Waals surface area contributed by atoms with Crippen LogP contribution < -0.4 is 10.1 Å². The van der Waals surface area contributed by atoms with E-state index in [9.17, 15) is 18.7 Å². The first-order valence-corrected chi connectivity index (χ1v) is 11.0. The molecule has 1 amide bonds. The van der Waals surface area contributed by atoms with Gasteiger partial charge in [0, 0.05) is 29.1 Å². The van der Waals surface area contributed by atoms with Gasteiger partial charge in [-0.2, -0.15) is 0 Å². The number of aliphatic hydroxyl groups is 2. The molecule has 4 rings (SSSR count). The largest absolute Gasteiger partial charge is 0.491 e. The second kappa shape index (κ2) is 10.2. The summed E-state index contributed by atoms with van der Waals surface area (Å²) in [5, 5.41) is 21.8. The monoisotopic (exact) mass is 478 g/mol. The molecule has 1 atom stereocenters. The van der Waals surface area contributed by atoms with Gasteiger partial charge in [0.25, 0.3) is 11.8 Å². The van der Waals surface area contributed by atoms with E-state index in [1.807, 2.05) is 6.07 Å². The maximum absolute atomic E-state index is 13.8. The highest BCUT2D eigenvalue weighted by molar-refractivity contribution is 6.12. The molecule has 0 aliphatic carbocycles. The number of carbonyl (C=O) groups excluding carboxylic acids is 1. The molecule has 3 N–H and O–H groups in total. The number of pyridine rings is 1. The summed E-state index contributed by atoms with van der Waals surface area (Å²) in [7, 11) is 0. The zero-order valence-corrected chi connectivity index (χ0v) is 18.9. The zero-order chi connectivity index (χ0) is 25.0. The van der Waals surface area contributed by atoms with Gasteiger partial charge in [0.2, 0.25) is 0 Å². The summed E-state index contributed by atoms with van der Waals surface area (Å²) in [5.74, 6) is -2.87. The van der Waals surface area contributed by atoms with Crippen molar-refractivity contribution in [2.45, 2.75) is 19.0 Å². The van der Waals surface area contributed by atoms with Crippen LogP contribution in [0.15, 0.2) is 78.9 Å². The number of aliphatic hydroxyl groups excluding tert-OH is 2. The van der Waals surface area contributed by atoms with Crippen LogP contribution in [0.5, 0.6) is 5.75 Å². The Hall–Kier alpha value is -3.88. The lowest BCUT2D eigenvalue weighted by Gasteiger charge is -2.13. The van der Waals surface area contributed by atoms with Crippen molar-refractivity contribution in [1.82, 2.24) is 4.98 Å². The summed E-state index contributed by atoms with van der Waals surface area (Å²) in [5.41, 5.74) is 2.22. The van der Waals surface area contributed by atoms with Gasteiger partial charge in [0.05, 0.1) is 23.4 Å². The minimum absolute atomic E-state index is 0.0506. The van der Waals surface area contributed by atoms with Crippen molar-refractivity contribution >= 4 is 22.5 Å². The summed E-state index contributed by atoms with van der Waals surface area (Å²) in [6.07, 6.45) is -0.973. The number of anilines is 1. The summed E-state index contributed by atoms with van der Waals surface area (Å²) >= 11 is 0. The first-order valence-electron chi connectivity index (χ1n) is 11.0. The van der Waals surface area contributed by atoms with Crippen molar-refractivity contribution in [2.75, 3.05) is 18.5 Å². The lowest BCUT2D eigenvalue weighted by atomic mass is 10.0. The highest BCUT2D eigenvalue weighted by atomic mass is 19.3. The van der Waals surface area contributed by atoms with E-state index in [0.29, 0.717) is 33.8 Å². The van der Waals surface area contributed by atoms with Crippen LogP contribution in [0.3, 0.4) is 0 Å². The molecule has 4 aromatic rings. The molecule has 35 heavy (non-hydrogen) atoms. The van der Waals surface area contributed by atoms with E-state index in [2.05, 4.69) is 10.3 Å². The normalized spacial score (nSPS) is 12.4. The van der Waals surface area contributed by atoms with Gasteiger partial charge in [-0.15, -0.1) is 0 Å². The topological polar surface area (TPSA) is 91.7 Å². The predicted molar refractivity (Wildman–Crippen MR) is 130 cm³/mol. The summed E-state index contributed by atoms with van der Waals surface area (Å²) in [4.78, 5) is 17.7. The average molecular weight is 478 g/mol. The van der Waals surface area contributed by atoms with E-state index in [0.717, 1.165) is 12.3 Å². The molecular formula is C27H24F2N2O4. The number of hydrogen-bond acceptors (Lipinski definition) is 5. The molecule has 180 valence electrons. The van der Waals surface area contributed by atoms with Crippen molar-refractivity contribution < 1.29 is 28.5 Å². The van der Waals surface area contributed by atoms with Crippen LogP contribution in [0.25, 0.3) is 22.2 Å². The van der Waals surface area contributed by atoms with Gasteiger partial charge >= 0.3 is 0 Å². The molecule has 0 bridgehead atoms. The standard InChI is InChI=1S/C27H24F2N2O4/c1-27(28,29)19-6-2-5-18(14-19)24-13-8-17-4-3-7-23(25(17)31-24)26(34)30-20-9-11-22(12-10-20)35-16-21(33)15-32/h2-14,21,32-33H,15-16H2,1H3,(H,30,34). The van der Waals surface area contributed by atoms with E-state index >= 15 is 0 Å². The van der Waals surface area contributed by atoms with Gasteiger partial charge in [0.15, 0.2) is 0 Å². The van der Waals surface area contributed by atoms with Gasteiger partial charge in [-0.25, -0.2) is 13.8 Å². The van der Waals surface area contributed by atoms with Crippen LogP contribution in [0, 0.1) is 0 Å². The first-order chi connectivity index (χ1) is 16.7. The Morgan fingerprint density at radius 3 is 2.51 bits per heavy atom. The Morgan fingerprint density at radius 1 is 1.06 bits per heavy atom. The highest BCUT2D eigenvalue weighted by Gasteiger charge is 2.24. The molecule has 0 saturated heterocycles. The van der Waals surface area contributed by atoms with Gasteiger partial charge < -0.3 is 20.3 Å². The van der Waals surface area contributed by atoms with Crippen LogP contribution in [-0.4, -0.2) is 40.4 Å². The number of fused-ring (bicyclic) bond motifs is 1. The smallest absolute Gasteiger partial charge is 0.270 e. The fourth-order valence-electron chi connectivity index (χ4n) is 3.52. The van der Waals surface area contributed by atoms with Crippen LogP contribution in [0.4, 0.5) is 14.5 Å². The van der Waals surface area contributed by atoms with Crippen molar-refractivity contribution in [3.8, 4) is 17.0 Å². The Morgan fingerprint density at radius 2 is 1.80 bits per heavy atom. The van der Waals surface area contributed by atoms with Crippen LogP contribution in [0.2, 0.25) is 0 Å². The number of hydrogen-bond donors (Lipinski definition) is 3. The third kappa shape index (κ3) is 5.79. The molecule has 0 spiro atoms. The maximum atomic E-state index is 13.8. The molecule has 0 saturated carbocycles. The average Bonchev–Trinajstić information content (AvgIpc) is 2.87. The predicted octanol–water partition coefficient (Wildman–Crippen LogP) is 5.00. The van der Waals surface area contributed by atoms with Crippen LogP contribution in [0.1, 0.15) is 22.8 Å². The third-order valence-electron chi connectivity index (χ3n) is 5.40. The SMILES string of the molecule is CC(F)(F)c1cccc(-c2ccc3cccc(C(=O)Nc4ccc(OCC(O)CO)cc4)c3n2)c1. The molecule has 0 aliphatic heterocycles. The Kier molecular flexibility index (Phi) is 7.04. The van der Waals surface area contributed by atoms with Crippen molar-refractivity contribution in [2.24, 2.45) is 0 Å². The number of rotatable bonds is 8. The summed E-state index contributed by atoms with van der Waals surface area (Å²) < 4.78 is 33.0. The molecule has 1 unspecified atom stereocenters. The van der Waals surface area contributed by atoms with E-state index in [4.69, 9.17) is 9.84 Å². The number of halogens is 2. The quantitative estimate of drug-likeness (QED) is 0.332. The maximum Gasteiger partial charge on any atom is 0.270 e. The number of nitrogens with one attached hydrogen (secondary N) is 1. The van der Waals surface area contributed by atoms with Crippen molar-refractivity contribution in [3.63, 3.8) is 0 Å². The van der Waals surface area contributed by atoms with Gasteiger partial charge in [-0.05, 0) is 42.5 Å². The Bertz CT molecular complexity index is 1340. The minimum Gasteiger partial charge on any atom is -0.491 e. The summed E-state index contributed by atoms with van der Waals surface area (Å²) in [6, 6.07) is 21.4. The Balaban J connectivity index is 1.58. The minimum atomic E-state index is -2.98. The molecule has 8 heteroatoms. The van der Waals surface area contributed by atoms with Crippen molar-refractivity contribution in [1.29, 1.82) is 0 Å². The number of benzene rings is 3. The number of nitrogens with zero attached hydrogens (tertiary/aromatic N) is 1. The lowest BCUT2D eigenvalue weighted by molar-refractivity contribution is 0.0175. The van der Waals surface area contributed by atoms with E-state index in [1.165, 1.54) is 12.1 Å². The van der Waals surface area contributed by atoms with Gasteiger partial charge in [-0.3, -0.25) is 4.79 Å². The fraction of sp³-hybridized carbons (Fsp3) is 0.185. The van der Waals surface area contributed by atoms with E-state index in [1.54, 1.807) is 60.7 Å². The number of ether oxygens (including phenoxy) is 1. The number of aromatic nitrogens is 1. The molecule has 0 fully saturated rings. The fourth-order valence-corrected chi connectivity index (χ4v) is 3.52. The second-order valence-corrected chi connectivity index (χ2v) is 8.17. The van der Waals surface area contributed by atoms with Crippen LogP contribution >= 0.6 is 0 Å². The zero-order valence-electron chi connectivity index (χ0n) is 18.9. The molecule has 0 radical (unpaired) electrons. The molecule has 1 heterocycles. The highest BCUT2D eigenvalue weighted by Crippen LogP contribution is 2.31. The van der Waals surface area contributed by atoms with E-state index < -0.39 is 18.6 Å². The molecule has 6 nitrogen and oxygen atoms in total. The number of carbonyl (C=O) groups is 1. The first kappa shape index (κ1) is 24.3. The third-order valence-corrected chi connectivity index (χ3v) is 5.40. The Labute approximate surface area is 200 Å². The number of para-hydroxylation sites is 1. The second-order valence-electron chi connectivity index (χ2n) is 8.17. The van der Waals surface area contributed by atoms with Gasteiger partial charge in [0.1, 0.15) is 18.5 Å².